The van der Waals surface area contributed by atoms with Crippen molar-refractivity contribution in [3.05, 3.63) is 27.1 Å². The molecule has 0 atom stereocenters. The first-order chi connectivity index (χ1) is 12.3. The number of nitrogens with one attached hydrogen (secondary N) is 2. The number of carbonyl (C=O) groups excluding carboxylic acids is 3. The summed E-state index contributed by atoms with van der Waals surface area (Å²) in [4.78, 5) is 53.1. The second-order valence-electron chi connectivity index (χ2n) is 6.10. The lowest BCUT2D eigenvalue weighted by Crippen LogP contribution is -2.42. The molecule has 2 N–H and O–H groups in total. The lowest BCUT2D eigenvalue weighted by atomic mass is 10.2. The molecule has 2 aromatic heterocycles. The van der Waals surface area contributed by atoms with Crippen LogP contribution in [0, 0.1) is 13.8 Å². The molecule has 0 aromatic carbocycles. The van der Waals surface area contributed by atoms with Crippen LogP contribution >= 0.6 is 11.3 Å². The zero-order chi connectivity index (χ0) is 18.8. The first-order valence-electron chi connectivity index (χ1n) is 8.06. The lowest BCUT2D eigenvalue weighted by molar-refractivity contribution is -0.148. The highest BCUT2D eigenvalue weighted by atomic mass is 32.1. The number of urea groups is 1. The van der Waals surface area contributed by atoms with Gasteiger partial charge in [0.15, 0.2) is 6.61 Å². The van der Waals surface area contributed by atoms with Gasteiger partial charge in [0, 0.05) is 10.9 Å². The fraction of sp³-hybridized carbons (Fsp3) is 0.438. The second-order valence-corrected chi connectivity index (χ2v) is 7.30. The maximum Gasteiger partial charge on any atom is 0.326 e. The molecule has 26 heavy (non-hydrogen) atoms. The molecule has 0 bridgehead atoms. The number of imide groups is 1. The first kappa shape index (κ1) is 18.1. The van der Waals surface area contributed by atoms with E-state index in [1.165, 1.54) is 17.7 Å². The summed E-state index contributed by atoms with van der Waals surface area (Å²) in [6.07, 6.45) is 3.07. The molecule has 0 aliphatic heterocycles. The molecule has 138 valence electrons. The number of nitrogens with zero attached hydrogens (tertiary/aromatic N) is 2. The van der Waals surface area contributed by atoms with E-state index in [9.17, 15) is 19.2 Å². The number of hydrogen-bond acceptors (Lipinski definition) is 7. The molecule has 0 radical (unpaired) electrons. The number of aromatic nitrogens is 2. The van der Waals surface area contributed by atoms with E-state index in [1.807, 2.05) is 13.8 Å². The van der Waals surface area contributed by atoms with Crippen LogP contribution in [0.5, 0.6) is 0 Å². The number of aryl methyl sites for hydroxylation is 2. The van der Waals surface area contributed by atoms with Crippen LogP contribution in [0.2, 0.25) is 0 Å². The van der Waals surface area contributed by atoms with E-state index in [-0.39, 0.29) is 18.1 Å². The standard InChI is InChI=1S/C16H18N4O5S/c1-8-9(2)26-14-13(8)15(23)20(7-17-14)5-12(22)25-6-11(21)19-16(24)18-10-3-4-10/h7,10H,3-6H2,1-2H3,(H2,18,19,21,24). The van der Waals surface area contributed by atoms with Gasteiger partial charge in [0.2, 0.25) is 0 Å². The van der Waals surface area contributed by atoms with E-state index < -0.39 is 24.5 Å². The predicted octanol–water partition coefficient (Wildman–Crippen LogP) is 0.606. The van der Waals surface area contributed by atoms with Crippen molar-refractivity contribution >= 4 is 39.5 Å². The van der Waals surface area contributed by atoms with Gasteiger partial charge in [0.1, 0.15) is 11.4 Å². The van der Waals surface area contributed by atoms with Gasteiger partial charge in [0.25, 0.3) is 11.5 Å². The first-order valence-corrected chi connectivity index (χ1v) is 8.88. The van der Waals surface area contributed by atoms with Crippen molar-refractivity contribution in [2.45, 2.75) is 39.3 Å². The highest BCUT2D eigenvalue weighted by Crippen LogP contribution is 2.25. The van der Waals surface area contributed by atoms with Gasteiger partial charge in [-0.25, -0.2) is 9.78 Å². The van der Waals surface area contributed by atoms with E-state index in [2.05, 4.69) is 15.6 Å². The van der Waals surface area contributed by atoms with Crippen LogP contribution in [0.3, 0.4) is 0 Å². The van der Waals surface area contributed by atoms with E-state index >= 15 is 0 Å². The van der Waals surface area contributed by atoms with E-state index in [1.54, 1.807) is 0 Å². The van der Waals surface area contributed by atoms with Crippen molar-refractivity contribution in [1.29, 1.82) is 0 Å². The van der Waals surface area contributed by atoms with Gasteiger partial charge in [0.05, 0.1) is 11.7 Å². The smallest absolute Gasteiger partial charge is 0.326 e. The van der Waals surface area contributed by atoms with E-state index in [0.717, 1.165) is 27.8 Å². The zero-order valence-corrected chi connectivity index (χ0v) is 15.1. The van der Waals surface area contributed by atoms with E-state index in [0.29, 0.717) is 10.2 Å². The van der Waals surface area contributed by atoms with Crippen molar-refractivity contribution in [2.24, 2.45) is 0 Å². The number of carbonyl (C=O) groups is 3. The van der Waals surface area contributed by atoms with Gasteiger partial charge in [-0.15, -0.1) is 11.3 Å². The number of thiophene rings is 1. The minimum atomic E-state index is -0.768. The van der Waals surface area contributed by atoms with Gasteiger partial charge in [-0.05, 0) is 32.3 Å². The van der Waals surface area contributed by atoms with Crippen LogP contribution in [-0.4, -0.2) is 40.1 Å². The minimum absolute atomic E-state index is 0.115. The predicted molar refractivity (Wildman–Crippen MR) is 94.0 cm³/mol. The van der Waals surface area contributed by atoms with Crippen LogP contribution < -0.4 is 16.2 Å². The monoisotopic (exact) mass is 378 g/mol. The Morgan fingerprint density at radius 2 is 2.08 bits per heavy atom. The molecule has 1 fully saturated rings. The average Bonchev–Trinajstić information content (AvgIpc) is 3.33. The fourth-order valence-corrected chi connectivity index (χ4v) is 3.31. The molecule has 0 spiro atoms. The Morgan fingerprint density at radius 1 is 1.35 bits per heavy atom. The second kappa shape index (κ2) is 7.24. The summed E-state index contributed by atoms with van der Waals surface area (Å²) in [6, 6.07) is -0.494. The SMILES string of the molecule is Cc1sc2ncn(CC(=O)OCC(=O)NC(=O)NC3CC3)c(=O)c2c1C. The van der Waals surface area contributed by atoms with Gasteiger partial charge in [-0.1, -0.05) is 0 Å². The minimum Gasteiger partial charge on any atom is -0.454 e. The van der Waals surface area contributed by atoms with Crippen molar-refractivity contribution in [2.75, 3.05) is 6.61 Å². The molecule has 3 amide bonds. The Kier molecular flexibility index (Phi) is 5.03. The molecule has 2 heterocycles. The number of ether oxygens (including phenoxy) is 1. The van der Waals surface area contributed by atoms with Crippen molar-refractivity contribution in [1.82, 2.24) is 20.2 Å². The highest BCUT2D eigenvalue weighted by molar-refractivity contribution is 7.18. The third-order valence-corrected chi connectivity index (χ3v) is 5.10. The number of amides is 3. The summed E-state index contributed by atoms with van der Waals surface area (Å²) in [6.45, 7) is 2.77. The molecule has 0 unspecified atom stereocenters. The Labute approximate surface area is 152 Å². The molecule has 2 aromatic rings. The molecule has 10 heteroatoms. The topological polar surface area (TPSA) is 119 Å². The fourth-order valence-electron chi connectivity index (χ4n) is 2.33. The molecule has 1 aliphatic carbocycles. The third-order valence-electron chi connectivity index (χ3n) is 3.99. The van der Waals surface area contributed by atoms with Gasteiger partial charge >= 0.3 is 12.0 Å². The average molecular weight is 378 g/mol. The molecule has 1 aliphatic rings. The Morgan fingerprint density at radius 3 is 2.77 bits per heavy atom. The third kappa shape index (κ3) is 4.07. The molecule has 1 saturated carbocycles. The number of rotatable bonds is 5. The van der Waals surface area contributed by atoms with Crippen LogP contribution in [0.1, 0.15) is 23.3 Å². The van der Waals surface area contributed by atoms with Gasteiger partial charge in [-0.3, -0.25) is 24.3 Å². The summed E-state index contributed by atoms with van der Waals surface area (Å²) < 4.78 is 5.96. The molecule has 3 rings (SSSR count). The molecule has 9 nitrogen and oxygen atoms in total. The maximum atomic E-state index is 12.5. The van der Waals surface area contributed by atoms with Gasteiger partial charge < -0.3 is 10.1 Å². The van der Waals surface area contributed by atoms with E-state index in [4.69, 9.17) is 4.74 Å². The molecular weight excluding hydrogens is 360 g/mol. The Hall–Kier alpha value is -2.75. The highest BCUT2D eigenvalue weighted by Gasteiger charge is 2.24. The summed E-state index contributed by atoms with van der Waals surface area (Å²) in [7, 11) is 0. The maximum absolute atomic E-state index is 12.5. The Balaban J connectivity index is 1.56. The summed E-state index contributed by atoms with van der Waals surface area (Å²) >= 11 is 1.42. The quantitative estimate of drug-likeness (QED) is 0.736. The lowest BCUT2D eigenvalue weighted by Gasteiger charge is -2.08. The van der Waals surface area contributed by atoms with Crippen LogP contribution in [-0.2, 0) is 20.9 Å². The summed E-state index contributed by atoms with van der Waals surface area (Å²) in [5, 5.41) is 5.13. The van der Waals surface area contributed by atoms with Gasteiger partial charge in [-0.2, -0.15) is 0 Å². The number of hydrogen-bond donors (Lipinski definition) is 2. The van der Waals surface area contributed by atoms with Crippen molar-refractivity contribution in [3.8, 4) is 0 Å². The normalized spacial score (nSPS) is 13.5. The molecular formula is C16H18N4O5S. The molecule has 0 saturated heterocycles. The van der Waals surface area contributed by atoms with Crippen LogP contribution in [0.4, 0.5) is 4.79 Å². The zero-order valence-electron chi connectivity index (χ0n) is 14.3. The van der Waals surface area contributed by atoms with Crippen molar-refractivity contribution in [3.63, 3.8) is 0 Å². The van der Waals surface area contributed by atoms with Crippen molar-refractivity contribution < 1.29 is 19.1 Å². The largest absolute Gasteiger partial charge is 0.454 e. The van der Waals surface area contributed by atoms with Crippen LogP contribution in [0.25, 0.3) is 10.2 Å². The summed E-state index contributed by atoms with van der Waals surface area (Å²) in [5.74, 6) is -1.50. The van der Waals surface area contributed by atoms with Crippen LogP contribution in [0.15, 0.2) is 11.1 Å². The number of fused-ring (bicyclic) bond motifs is 1. The number of esters is 1. The summed E-state index contributed by atoms with van der Waals surface area (Å²) in [5.41, 5.74) is 0.508. The Bertz CT molecular complexity index is 944.